The number of benzene rings is 1. The number of anilines is 2. The molecule has 126 valence electrons. The molecule has 2 aromatic rings. The number of rotatable bonds is 5. The Kier molecular flexibility index (Phi) is 4.93. The summed E-state index contributed by atoms with van der Waals surface area (Å²) in [5.41, 5.74) is 2.22. The lowest BCUT2D eigenvalue weighted by Gasteiger charge is -2.16. The van der Waals surface area contributed by atoms with Gasteiger partial charge in [-0.05, 0) is 49.9 Å². The van der Waals surface area contributed by atoms with Crippen molar-refractivity contribution in [3.05, 3.63) is 41.7 Å². The molecular formula is C18H22N4O2. The highest BCUT2D eigenvalue weighted by Gasteiger charge is 2.14. The minimum Gasteiger partial charge on any atom is -0.484 e. The van der Waals surface area contributed by atoms with Gasteiger partial charge in [-0.25, -0.2) is 9.97 Å². The number of nitrogens with one attached hydrogen (secondary N) is 1. The summed E-state index contributed by atoms with van der Waals surface area (Å²) < 4.78 is 5.57. The number of carbonyl (C=O) groups is 1. The highest BCUT2D eigenvalue weighted by atomic mass is 16.5. The molecule has 2 heterocycles. The topological polar surface area (TPSA) is 67.3 Å². The van der Waals surface area contributed by atoms with E-state index in [9.17, 15) is 4.79 Å². The van der Waals surface area contributed by atoms with Gasteiger partial charge in [0.2, 0.25) is 0 Å². The second kappa shape index (κ2) is 7.29. The number of carbonyl (C=O) groups excluding carboxylic acids is 1. The third-order valence-electron chi connectivity index (χ3n) is 3.92. The average molecular weight is 326 g/mol. The Hall–Kier alpha value is -2.63. The summed E-state index contributed by atoms with van der Waals surface area (Å²) >= 11 is 0. The van der Waals surface area contributed by atoms with E-state index in [2.05, 4.69) is 26.3 Å². The van der Waals surface area contributed by atoms with Gasteiger partial charge in [0.1, 0.15) is 23.7 Å². The largest absolute Gasteiger partial charge is 0.484 e. The number of ether oxygens (including phenoxy) is 1. The number of hydrogen-bond donors (Lipinski definition) is 1. The van der Waals surface area contributed by atoms with Crippen molar-refractivity contribution in [2.75, 3.05) is 29.9 Å². The van der Waals surface area contributed by atoms with Crippen molar-refractivity contribution in [2.24, 2.45) is 0 Å². The number of aryl methyl sites for hydroxylation is 2. The van der Waals surface area contributed by atoms with Crippen molar-refractivity contribution in [3.63, 3.8) is 0 Å². The molecule has 1 fully saturated rings. The molecule has 0 bridgehead atoms. The van der Waals surface area contributed by atoms with E-state index in [0.717, 1.165) is 30.0 Å². The van der Waals surface area contributed by atoms with Gasteiger partial charge in [0, 0.05) is 19.2 Å². The maximum atomic E-state index is 12.1. The Labute approximate surface area is 141 Å². The van der Waals surface area contributed by atoms with Gasteiger partial charge in [0.05, 0.1) is 0 Å². The van der Waals surface area contributed by atoms with E-state index in [4.69, 9.17) is 4.74 Å². The molecule has 1 aliphatic heterocycles. The van der Waals surface area contributed by atoms with E-state index in [-0.39, 0.29) is 12.5 Å². The fraction of sp³-hybridized carbons (Fsp3) is 0.389. The minimum atomic E-state index is -0.236. The van der Waals surface area contributed by atoms with Crippen molar-refractivity contribution in [1.82, 2.24) is 9.97 Å². The van der Waals surface area contributed by atoms with E-state index >= 15 is 0 Å². The summed E-state index contributed by atoms with van der Waals surface area (Å²) in [6.07, 6.45) is 3.83. The van der Waals surface area contributed by atoms with Gasteiger partial charge >= 0.3 is 0 Å². The van der Waals surface area contributed by atoms with Crippen molar-refractivity contribution < 1.29 is 9.53 Å². The van der Waals surface area contributed by atoms with Crippen LogP contribution in [0.3, 0.4) is 0 Å². The standard InChI is InChI=1S/C18H22N4O2/c1-13-7-14(2)9-15(8-13)24-11-18(23)21-16-10-17(20-12-19-16)22-5-3-4-6-22/h7-10,12H,3-6,11H2,1-2H3,(H,19,20,21,23). The minimum absolute atomic E-state index is 0.0497. The first-order valence-corrected chi connectivity index (χ1v) is 8.18. The summed E-state index contributed by atoms with van der Waals surface area (Å²) in [6, 6.07) is 7.70. The molecule has 0 radical (unpaired) electrons. The van der Waals surface area contributed by atoms with Gasteiger partial charge in [-0.2, -0.15) is 0 Å². The molecule has 6 heteroatoms. The third-order valence-corrected chi connectivity index (χ3v) is 3.92. The van der Waals surface area contributed by atoms with Crippen LogP contribution in [-0.4, -0.2) is 35.6 Å². The van der Waals surface area contributed by atoms with Gasteiger partial charge in [-0.15, -0.1) is 0 Å². The van der Waals surface area contributed by atoms with Gasteiger partial charge in [0.15, 0.2) is 6.61 Å². The first kappa shape index (κ1) is 16.2. The van der Waals surface area contributed by atoms with Crippen LogP contribution in [0.4, 0.5) is 11.6 Å². The molecule has 1 aromatic carbocycles. The lowest BCUT2D eigenvalue weighted by atomic mass is 10.1. The summed E-state index contributed by atoms with van der Waals surface area (Å²) in [7, 11) is 0. The van der Waals surface area contributed by atoms with E-state index in [1.807, 2.05) is 26.0 Å². The van der Waals surface area contributed by atoms with Crippen LogP contribution < -0.4 is 15.0 Å². The maximum Gasteiger partial charge on any atom is 0.263 e. The van der Waals surface area contributed by atoms with E-state index in [1.54, 1.807) is 6.07 Å². The number of amides is 1. The molecule has 24 heavy (non-hydrogen) atoms. The van der Waals surface area contributed by atoms with Crippen molar-refractivity contribution >= 4 is 17.5 Å². The van der Waals surface area contributed by atoms with Crippen LogP contribution in [0.5, 0.6) is 5.75 Å². The highest BCUT2D eigenvalue weighted by Crippen LogP contribution is 2.19. The number of nitrogens with zero attached hydrogens (tertiary/aromatic N) is 3. The van der Waals surface area contributed by atoms with Crippen LogP contribution >= 0.6 is 0 Å². The fourth-order valence-corrected chi connectivity index (χ4v) is 2.88. The van der Waals surface area contributed by atoms with Crippen LogP contribution in [0.25, 0.3) is 0 Å². The molecule has 1 saturated heterocycles. The van der Waals surface area contributed by atoms with Crippen LogP contribution in [0, 0.1) is 13.8 Å². The Morgan fingerprint density at radius 3 is 2.54 bits per heavy atom. The molecule has 0 unspecified atom stereocenters. The zero-order valence-electron chi connectivity index (χ0n) is 14.1. The van der Waals surface area contributed by atoms with Crippen LogP contribution in [0.1, 0.15) is 24.0 Å². The number of hydrogen-bond acceptors (Lipinski definition) is 5. The molecular weight excluding hydrogens is 304 g/mol. The first-order chi connectivity index (χ1) is 11.6. The lowest BCUT2D eigenvalue weighted by Crippen LogP contribution is -2.22. The lowest BCUT2D eigenvalue weighted by molar-refractivity contribution is -0.118. The highest BCUT2D eigenvalue weighted by molar-refractivity contribution is 5.91. The average Bonchev–Trinajstić information content (AvgIpc) is 3.07. The Bertz CT molecular complexity index is 706. The normalized spacial score (nSPS) is 13.8. The van der Waals surface area contributed by atoms with Gasteiger partial charge in [-0.3, -0.25) is 4.79 Å². The summed E-state index contributed by atoms with van der Waals surface area (Å²) in [4.78, 5) is 22.7. The van der Waals surface area contributed by atoms with Crippen LogP contribution in [-0.2, 0) is 4.79 Å². The third kappa shape index (κ3) is 4.22. The Morgan fingerprint density at radius 2 is 1.83 bits per heavy atom. The zero-order chi connectivity index (χ0) is 16.9. The molecule has 0 spiro atoms. The molecule has 1 aromatic heterocycles. The smallest absolute Gasteiger partial charge is 0.263 e. The Morgan fingerprint density at radius 1 is 1.12 bits per heavy atom. The molecule has 0 atom stereocenters. The molecule has 0 aliphatic carbocycles. The molecule has 1 aliphatic rings. The van der Waals surface area contributed by atoms with E-state index < -0.39 is 0 Å². The number of aromatic nitrogens is 2. The predicted molar refractivity (Wildman–Crippen MR) is 93.5 cm³/mol. The molecule has 1 amide bonds. The maximum absolute atomic E-state index is 12.1. The summed E-state index contributed by atoms with van der Waals surface area (Å²) in [6.45, 7) is 5.95. The summed E-state index contributed by atoms with van der Waals surface area (Å²) in [5.74, 6) is 1.82. The zero-order valence-corrected chi connectivity index (χ0v) is 14.1. The van der Waals surface area contributed by atoms with Crippen molar-refractivity contribution in [3.8, 4) is 5.75 Å². The molecule has 6 nitrogen and oxygen atoms in total. The van der Waals surface area contributed by atoms with Crippen LogP contribution in [0.2, 0.25) is 0 Å². The SMILES string of the molecule is Cc1cc(C)cc(OCC(=O)Nc2cc(N3CCCC3)ncn2)c1. The van der Waals surface area contributed by atoms with E-state index in [0.29, 0.717) is 11.6 Å². The monoisotopic (exact) mass is 326 g/mol. The van der Waals surface area contributed by atoms with Gasteiger partial charge in [0.25, 0.3) is 5.91 Å². The van der Waals surface area contributed by atoms with Crippen LogP contribution in [0.15, 0.2) is 30.6 Å². The second-order valence-electron chi connectivity index (χ2n) is 6.12. The van der Waals surface area contributed by atoms with Gasteiger partial charge < -0.3 is 15.0 Å². The van der Waals surface area contributed by atoms with Gasteiger partial charge in [-0.1, -0.05) is 6.07 Å². The molecule has 0 saturated carbocycles. The molecule has 3 rings (SSSR count). The first-order valence-electron chi connectivity index (χ1n) is 8.18. The Balaban J connectivity index is 1.57. The van der Waals surface area contributed by atoms with E-state index in [1.165, 1.54) is 19.2 Å². The van der Waals surface area contributed by atoms with Crippen molar-refractivity contribution in [1.29, 1.82) is 0 Å². The fourth-order valence-electron chi connectivity index (χ4n) is 2.88. The summed E-state index contributed by atoms with van der Waals surface area (Å²) in [5, 5.41) is 2.76. The quantitative estimate of drug-likeness (QED) is 0.915. The molecule has 1 N–H and O–H groups in total. The second-order valence-corrected chi connectivity index (χ2v) is 6.12. The van der Waals surface area contributed by atoms with Crippen molar-refractivity contribution in [2.45, 2.75) is 26.7 Å². The predicted octanol–water partition coefficient (Wildman–Crippen LogP) is 2.71.